The van der Waals surface area contributed by atoms with E-state index in [1.54, 1.807) is 26.8 Å². The van der Waals surface area contributed by atoms with Gasteiger partial charge in [0.2, 0.25) is 17.7 Å². The van der Waals surface area contributed by atoms with E-state index in [-0.39, 0.29) is 43.3 Å². The molecule has 0 saturated carbocycles. The predicted octanol–water partition coefficient (Wildman–Crippen LogP) is 8.00. The Labute approximate surface area is 319 Å². The summed E-state index contributed by atoms with van der Waals surface area (Å²) in [5, 5.41) is 11.5. The van der Waals surface area contributed by atoms with Crippen molar-refractivity contribution < 1.29 is 28.7 Å². The van der Waals surface area contributed by atoms with Crippen LogP contribution in [0.25, 0.3) is 0 Å². The zero-order valence-electron chi connectivity index (χ0n) is 33.5. The summed E-state index contributed by atoms with van der Waals surface area (Å²) in [6, 6.07) is -1.25. The lowest BCUT2D eigenvalue weighted by atomic mass is 9.87. The number of amides is 4. The second-order valence-corrected chi connectivity index (χ2v) is 14.0. The molecular weight excluding hydrogens is 668 g/mol. The number of hydrogen-bond acceptors (Lipinski definition) is 6. The molecule has 296 valence electrons. The van der Waals surface area contributed by atoms with Crippen LogP contribution in [0.2, 0.25) is 0 Å². The largest absolute Gasteiger partial charge is 0.444 e. The van der Waals surface area contributed by atoms with Crippen LogP contribution in [0.5, 0.6) is 0 Å². The van der Waals surface area contributed by atoms with Crippen molar-refractivity contribution >= 4 is 23.8 Å². The van der Waals surface area contributed by atoms with E-state index < -0.39 is 29.9 Å². The minimum atomic E-state index is -0.721. The topological polar surface area (TPSA) is 135 Å². The third-order valence-corrected chi connectivity index (χ3v) is 8.08. The summed E-state index contributed by atoms with van der Waals surface area (Å²) in [4.78, 5) is 50.5. The molecule has 0 unspecified atom stereocenters. The summed E-state index contributed by atoms with van der Waals surface area (Å²) in [5.41, 5.74) is -0.297. The van der Waals surface area contributed by atoms with Crippen LogP contribution >= 0.6 is 0 Å². The normalized spacial score (nSPS) is 18.2. The van der Waals surface area contributed by atoms with Gasteiger partial charge in [-0.05, 0) is 84.6 Å². The van der Waals surface area contributed by atoms with Crippen LogP contribution in [0.4, 0.5) is 4.79 Å². The van der Waals surface area contributed by atoms with E-state index in [2.05, 4.69) is 95.0 Å². The Morgan fingerprint density at radius 3 is 1.75 bits per heavy atom. The SMILES string of the molecule is CC/C=C\C/C=C\C/C=C\C/C=C\C/C=C\C/C=C\CCC(=O)NCCNC(=O)C1=C[C@@H](OC(CC)CC)[C@H](NC(C)=O)[C@@H](NC(=O)OC(C)(C)C)C1. The van der Waals surface area contributed by atoms with E-state index in [4.69, 9.17) is 9.47 Å². The number of rotatable bonds is 24. The Morgan fingerprint density at radius 2 is 1.26 bits per heavy atom. The number of allylic oxidation sites excluding steroid dienone is 12. The average Bonchev–Trinajstić information content (AvgIpc) is 3.10. The lowest BCUT2D eigenvalue weighted by Crippen LogP contribution is -2.60. The van der Waals surface area contributed by atoms with Gasteiger partial charge in [-0.1, -0.05) is 93.7 Å². The molecule has 1 rings (SSSR count). The van der Waals surface area contributed by atoms with E-state index in [0.29, 0.717) is 18.4 Å². The Kier molecular flexibility index (Phi) is 25.0. The summed E-state index contributed by atoms with van der Waals surface area (Å²) in [5.74, 6) is -0.691. The fourth-order valence-corrected chi connectivity index (χ4v) is 5.41. The summed E-state index contributed by atoms with van der Waals surface area (Å²) >= 11 is 0. The van der Waals surface area contributed by atoms with E-state index in [1.165, 1.54) is 6.92 Å². The van der Waals surface area contributed by atoms with Gasteiger partial charge in [-0.3, -0.25) is 14.4 Å². The summed E-state index contributed by atoms with van der Waals surface area (Å²) in [6.07, 6.45) is 34.5. The van der Waals surface area contributed by atoms with E-state index in [9.17, 15) is 19.2 Å². The maximum Gasteiger partial charge on any atom is 0.407 e. The van der Waals surface area contributed by atoms with Gasteiger partial charge >= 0.3 is 6.09 Å². The van der Waals surface area contributed by atoms with Crippen molar-refractivity contribution in [3.05, 3.63) is 84.6 Å². The maximum absolute atomic E-state index is 13.3. The van der Waals surface area contributed by atoms with Crippen molar-refractivity contribution in [2.45, 2.75) is 149 Å². The molecule has 10 nitrogen and oxygen atoms in total. The molecule has 1 aliphatic rings. The van der Waals surface area contributed by atoms with Gasteiger partial charge in [0.25, 0.3) is 0 Å². The molecule has 53 heavy (non-hydrogen) atoms. The predicted molar refractivity (Wildman–Crippen MR) is 216 cm³/mol. The van der Waals surface area contributed by atoms with Gasteiger partial charge in [-0.15, -0.1) is 0 Å². The zero-order valence-corrected chi connectivity index (χ0v) is 33.5. The van der Waals surface area contributed by atoms with Gasteiger partial charge in [0, 0.05) is 38.4 Å². The fourth-order valence-electron chi connectivity index (χ4n) is 5.41. The first-order chi connectivity index (χ1) is 25.4. The van der Waals surface area contributed by atoms with Crippen LogP contribution in [0.1, 0.15) is 119 Å². The molecule has 4 N–H and O–H groups in total. The van der Waals surface area contributed by atoms with Gasteiger partial charge in [0.05, 0.1) is 24.3 Å². The lowest BCUT2D eigenvalue weighted by Gasteiger charge is -2.39. The van der Waals surface area contributed by atoms with Gasteiger partial charge in [-0.2, -0.15) is 0 Å². The Morgan fingerprint density at radius 1 is 0.755 bits per heavy atom. The van der Waals surface area contributed by atoms with E-state index >= 15 is 0 Å². The van der Waals surface area contributed by atoms with Gasteiger partial charge in [0.15, 0.2) is 0 Å². The van der Waals surface area contributed by atoms with Crippen LogP contribution < -0.4 is 21.3 Å². The summed E-state index contributed by atoms with van der Waals surface area (Å²) in [7, 11) is 0. The number of ether oxygens (including phenoxy) is 2. The van der Waals surface area contributed by atoms with Gasteiger partial charge < -0.3 is 30.7 Å². The Bertz CT molecular complexity index is 1300. The Hall–Kier alpha value is -4.18. The molecule has 0 bridgehead atoms. The highest BCUT2D eigenvalue weighted by Gasteiger charge is 2.39. The summed E-state index contributed by atoms with van der Waals surface area (Å²) in [6.45, 7) is 13.4. The number of hydrogen-bond donors (Lipinski definition) is 4. The molecule has 0 saturated heterocycles. The molecule has 3 atom stereocenters. The highest BCUT2D eigenvalue weighted by molar-refractivity contribution is 5.94. The smallest absolute Gasteiger partial charge is 0.407 e. The highest BCUT2D eigenvalue weighted by atomic mass is 16.6. The molecule has 10 heteroatoms. The molecule has 0 aromatic carbocycles. The zero-order chi connectivity index (χ0) is 39.3. The third-order valence-electron chi connectivity index (χ3n) is 8.08. The molecule has 1 aliphatic carbocycles. The third kappa shape index (κ3) is 23.9. The standard InChI is InChI=1S/C43H68N4O6/c1-8-11-12-13-14-15-16-17-18-19-20-21-22-23-24-25-26-27-28-29-39(49)44-30-31-45-41(50)35-32-37(47-42(51)53-43(5,6)7)40(46-34(4)48)38(33-35)52-36(9-2)10-3/h11-12,14-15,17-18,20-21,23-24,26-27,33,36-38,40H,8-10,13,16,19,22,25,28-32H2,1-7H3,(H,44,49)(H,45,50)(H,46,48)(H,47,51)/b12-11-,15-14-,18-17-,21-20-,24-23-,27-26-/t37-,38+,40+/m0/s1. The van der Waals surface area contributed by atoms with Crippen LogP contribution in [-0.2, 0) is 23.9 Å². The molecule has 0 aliphatic heterocycles. The lowest BCUT2D eigenvalue weighted by molar-refractivity contribution is -0.122. The minimum Gasteiger partial charge on any atom is -0.444 e. The summed E-state index contributed by atoms with van der Waals surface area (Å²) < 4.78 is 11.8. The van der Waals surface area contributed by atoms with Crippen molar-refractivity contribution in [1.29, 1.82) is 0 Å². The van der Waals surface area contributed by atoms with Crippen molar-refractivity contribution in [3.63, 3.8) is 0 Å². The number of carbonyl (C=O) groups excluding carboxylic acids is 4. The minimum absolute atomic E-state index is 0.0888. The van der Waals surface area contributed by atoms with Crippen LogP contribution in [0, 0.1) is 0 Å². The first-order valence-electron chi connectivity index (χ1n) is 19.5. The van der Waals surface area contributed by atoms with Crippen molar-refractivity contribution in [2.75, 3.05) is 13.1 Å². The second kappa shape index (κ2) is 28.3. The first kappa shape index (κ1) is 46.8. The van der Waals surface area contributed by atoms with Crippen molar-refractivity contribution in [3.8, 4) is 0 Å². The van der Waals surface area contributed by atoms with Gasteiger partial charge in [-0.25, -0.2) is 4.79 Å². The van der Waals surface area contributed by atoms with E-state index in [1.807, 2.05) is 19.9 Å². The molecular formula is C43H68N4O6. The average molecular weight is 737 g/mol. The van der Waals surface area contributed by atoms with E-state index in [0.717, 1.165) is 51.4 Å². The molecule has 0 aromatic rings. The highest BCUT2D eigenvalue weighted by Crippen LogP contribution is 2.25. The quantitative estimate of drug-likeness (QED) is 0.0586. The van der Waals surface area contributed by atoms with Crippen molar-refractivity contribution in [2.24, 2.45) is 0 Å². The molecule has 0 heterocycles. The molecule has 0 fully saturated rings. The van der Waals surface area contributed by atoms with Crippen LogP contribution in [0.15, 0.2) is 84.6 Å². The van der Waals surface area contributed by atoms with Crippen molar-refractivity contribution in [1.82, 2.24) is 21.3 Å². The molecule has 0 radical (unpaired) electrons. The number of carbonyl (C=O) groups is 4. The Balaban J connectivity index is 2.48. The number of nitrogens with one attached hydrogen (secondary N) is 4. The maximum atomic E-state index is 13.3. The molecule has 0 aromatic heterocycles. The fraction of sp³-hybridized carbons (Fsp3) is 0.581. The number of alkyl carbamates (subject to hydrolysis) is 1. The molecule has 0 spiro atoms. The monoisotopic (exact) mass is 737 g/mol. The van der Waals surface area contributed by atoms with Crippen LogP contribution in [-0.4, -0.2) is 66.8 Å². The van der Waals surface area contributed by atoms with Crippen LogP contribution in [0.3, 0.4) is 0 Å². The molecule has 4 amide bonds. The second-order valence-electron chi connectivity index (χ2n) is 14.0. The first-order valence-corrected chi connectivity index (χ1v) is 19.5. The van der Waals surface area contributed by atoms with Gasteiger partial charge in [0.1, 0.15) is 5.60 Å².